The number of anilines is 1. The van der Waals surface area contributed by atoms with E-state index in [1.165, 1.54) is 39.4 Å². The van der Waals surface area contributed by atoms with E-state index in [0.717, 1.165) is 34.0 Å². The van der Waals surface area contributed by atoms with Crippen LogP contribution in [0, 0.1) is 0 Å². The van der Waals surface area contributed by atoms with Gasteiger partial charge >= 0.3 is 5.97 Å². The Morgan fingerprint density at radius 3 is 2.52 bits per heavy atom. The summed E-state index contributed by atoms with van der Waals surface area (Å²) < 4.78 is 36.4. The number of hydrogen-bond donors (Lipinski definition) is 0. The molecular formula is C23H24N2O7S. The molecule has 0 unspecified atom stereocenters. The van der Waals surface area contributed by atoms with E-state index in [-0.39, 0.29) is 28.5 Å². The summed E-state index contributed by atoms with van der Waals surface area (Å²) in [6.07, 6.45) is 1.88. The first-order valence-electron chi connectivity index (χ1n) is 10.4. The number of sulfonamides is 1. The van der Waals surface area contributed by atoms with E-state index in [2.05, 4.69) is 0 Å². The monoisotopic (exact) mass is 472 g/mol. The average molecular weight is 473 g/mol. The Kier molecular flexibility index (Phi) is 5.98. The summed E-state index contributed by atoms with van der Waals surface area (Å²) in [4.78, 5) is 39.1. The predicted molar refractivity (Wildman–Crippen MR) is 119 cm³/mol. The minimum absolute atomic E-state index is 0.0192. The second-order valence-electron chi connectivity index (χ2n) is 8.12. The minimum Gasteiger partial charge on any atom is -0.495 e. The van der Waals surface area contributed by atoms with Crippen molar-refractivity contribution in [3.05, 3.63) is 52.6 Å². The predicted octanol–water partition coefficient (Wildman–Crippen LogP) is 1.82. The zero-order valence-corrected chi connectivity index (χ0v) is 19.4. The van der Waals surface area contributed by atoms with E-state index in [9.17, 15) is 22.8 Å². The molecule has 2 aliphatic heterocycles. The fourth-order valence-electron chi connectivity index (χ4n) is 4.14. The number of esters is 1. The highest BCUT2D eigenvalue weighted by Crippen LogP contribution is 2.37. The van der Waals surface area contributed by atoms with Crippen molar-refractivity contribution in [2.75, 3.05) is 39.3 Å². The van der Waals surface area contributed by atoms with E-state index >= 15 is 0 Å². The molecule has 0 aliphatic carbocycles. The Morgan fingerprint density at radius 2 is 1.82 bits per heavy atom. The number of aryl methyl sites for hydroxylation is 1. The molecule has 10 heteroatoms. The molecule has 2 heterocycles. The number of rotatable bonds is 7. The molecule has 0 aromatic heterocycles. The molecule has 0 saturated carbocycles. The molecule has 0 spiro atoms. The van der Waals surface area contributed by atoms with E-state index < -0.39 is 28.4 Å². The smallest absolute Gasteiger partial charge is 0.338 e. The van der Waals surface area contributed by atoms with E-state index in [4.69, 9.17) is 9.47 Å². The summed E-state index contributed by atoms with van der Waals surface area (Å²) >= 11 is 0. The van der Waals surface area contributed by atoms with Crippen LogP contribution in [-0.4, -0.2) is 64.7 Å². The molecule has 0 N–H and O–H groups in total. The lowest BCUT2D eigenvalue weighted by Gasteiger charge is -2.25. The van der Waals surface area contributed by atoms with Crippen molar-refractivity contribution in [1.82, 2.24) is 4.31 Å². The van der Waals surface area contributed by atoms with Gasteiger partial charge in [-0.1, -0.05) is 0 Å². The van der Waals surface area contributed by atoms with Gasteiger partial charge in [0, 0.05) is 26.2 Å². The topological polar surface area (TPSA) is 110 Å². The fraction of sp³-hybridized carbons (Fsp3) is 0.348. The number of ketones is 1. The van der Waals surface area contributed by atoms with Crippen molar-refractivity contribution in [2.45, 2.75) is 24.2 Å². The van der Waals surface area contributed by atoms with Crippen LogP contribution in [0.3, 0.4) is 0 Å². The molecule has 174 valence electrons. The second kappa shape index (κ2) is 8.60. The molecular weight excluding hydrogens is 448 g/mol. The van der Waals surface area contributed by atoms with Gasteiger partial charge in [0.25, 0.3) is 0 Å². The third-order valence-electron chi connectivity index (χ3n) is 5.82. The van der Waals surface area contributed by atoms with Gasteiger partial charge in [0.05, 0.1) is 24.8 Å². The third-order valence-corrected chi connectivity index (χ3v) is 7.66. The summed E-state index contributed by atoms with van der Waals surface area (Å²) in [5, 5.41) is 0. The lowest BCUT2D eigenvalue weighted by molar-refractivity contribution is -0.117. The molecule has 2 aliphatic rings. The van der Waals surface area contributed by atoms with Gasteiger partial charge in [0.15, 0.2) is 12.4 Å². The maximum atomic E-state index is 12.7. The van der Waals surface area contributed by atoms with Crippen LogP contribution in [0.5, 0.6) is 5.75 Å². The number of carbonyl (C=O) groups is 3. The van der Waals surface area contributed by atoms with Gasteiger partial charge in [-0.15, -0.1) is 0 Å². The molecule has 1 amide bonds. The summed E-state index contributed by atoms with van der Waals surface area (Å²) in [6.45, 7) is 0.188. The largest absolute Gasteiger partial charge is 0.495 e. The number of hydrogen-bond acceptors (Lipinski definition) is 7. The van der Waals surface area contributed by atoms with E-state index in [0.29, 0.717) is 12.1 Å². The summed E-state index contributed by atoms with van der Waals surface area (Å²) in [5.74, 6) is -1.10. The number of benzene rings is 2. The van der Waals surface area contributed by atoms with Crippen molar-refractivity contribution in [3.8, 4) is 5.75 Å². The van der Waals surface area contributed by atoms with E-state index in [1.54, 1.807) is 17.0 Å². The van der Waals surface area contributed by atoms with Crippen molar-refractivity contribution in [3.63, 3.8) is 0 Å². The number of amides is 1. The van der Waals surface area contributed by atoms with Crippen LogP contribution in [0.4, 0.5) is 5.69 Å². The lowest BCUT2D eigenvalue weighted by Crippen LogP contribution is -2.31. The lowest BCUT2D eigenvalue weighted by atomic mass is 9.95. The number of methoxy groups -OCH3 is 1. The maximum absolute atomic E-state index is 12.7. The zero-order chi connectivity index (χ0) is 23.9. The number of ether oxygens (including phenoxy) is 2. The molecule has 0 saturated heterocycles. The molecule has 2 aromatic carbocycles. The van der Waals surface area contributed by atoms with Crippen molar-refractivity contribution >= 4 is 33.4 Å². The molecule has 33 heavy (non-hydrogen) atoms. The van der Waals surface area contributed by atoms with Gasteiger partial charge in [-0.05, 0) is 54.3 Å². The van der Waals surface area contributed by atoms with Crippen LogP contribution in [0.2, 0.25) is 0 Å². The Labute approximate surface area is 191 Å². The van der Waals surface area contributed by atoms with Gasteiger partial charge in [-0.2, -0.15) is 0 Å². The number of Topliss-reactive ketones (excluding diaryl/α,β-unsaturated/α-hetero) is 1. The highest BCUT2D eigenvalue weighted by molar-refractivity contribution is 7.89. The Bertz CT molecular complexity index is 1270. The molecule has 0 radical (unpaired) electrons. The average Bonchev–Trinajstić information content (AvgIpc) is 3.13. The Balaban J connectivity index is 1.52. The van der Waals surface area contributed by atoms with Crippen molar-refractivity contribution in [1.29, 1.82) is 0 Å². The van der Waals surface area contributed by atoms with Gasteiger partial charge in [-0.25, -0.2) is 17.5 Å². The maximum Gasteiger partial charge on any atom is 0.338 e. The van der Waals surface area contributed by atoms with Crippen LogP contribution in [0.1, 0.15) is 38.3 Å². The summed E-state index contributed by atoms with van der Waals surface area (Å²) in [6, 6.07) is 7.35. The molecule has 4 rings (SSSR count). The Hall–Kier alpha value is -3.24. The van der Waals surface area contributed by atoms with Gasteiger partial charge in [0.1, 0.15) is 10.6 Å². The molecule has 0 atom stereocenters. The van der Waals surface area contributed by atoms with E-state index in [1.807, 2.05) is 0 Å². The quantitative estimate of drug-likeness (QED) is 0.447. The first kappa shape index (κ1) is 22.9. The normalized spacial score (nSPS) is 14.9. The molecule has 0 bridgehead atoms. The van der Waals surface area contributed by atoms with Gasteiger partial charge in [-0.3, -0.25) is 9.59 Å². The first-order valence-corrected chi connectivity index (χ1v) is 11.8. The van der Waals surface area contributed by atoms with Crippen LogP contribution in [0.15, 0.2) is 35.2 Å². The molecule has 0 fully saturated rings. The number of carbonyl (C=O) groups excluding carboxylic acids is 3. The Morgan fingerprint density at radius 1 is 1.09 bits per heavy atom. The fourth-order valence-corrected chi connectivity index (χ4v) is 5.21. The standard InChI is InChI=1S/C23H24N2O7S/c1-24(2)33(29,30)20-11-15(6-7-19(20)31-3)23(28)32-13-18(26)16-9-14-5-4-8-25-21(27)12-17(10-16)22(14)25/h6-7,9-11H,4-5,8,12-13H2,1-3H3. The third kappa shape index (κ3) is 4.11. The van der Waals surface area contributed by atoms with Crippen LogP contribution < -0.4 is 9.64 Å². The van der Waals surface area contributed by atoms with Crippen LogP contribution >= 0.6 is 0 Å². The van der Waals surface area contributed by atoms with Crippen LogP contribution in [0.25, 0.3) is 0 Å². The first-order chi connectivity index (χ1) is 15.6. The minimum atomic E-state index is -3.86. The molecule has 2 aromatic rings. The van der Waals surface area contributed by atoms with Crippen molar-refractivity contribution < 1.29 is 32.3 Å². The summed E-state index contributed by atoms with van der Waals surface area (Å²) in [7, 11) is 0.206. The van der Waals surface area contributed by atoms with Crippen LogP contribution in [-0.2, 0) is 32.4 Å². The zero-order valence-electron chi connectivity index (χ0n) is 18.6. The van der Waals surface area contributed by atoms with Gasteiger partial charge in [0.2, 0.25) is 15.9 Å². The highest BCUT2D eigenvalue weighted by atomic mass is 32.2. The van der Waals surface area contributed by atoms with Crippen molar-refractivity contribution in [2.24, 2.45) is 0 Å². The molecule has 9 nitrogen and oxygen atoms in total. The highest BCUT2D eigenvalue weighted by Gasteiger charge is 2.33. The van der Waals surface area contributed by atoms with Gasteiger partial charge < -0.3 is 14.4 Å². The summed E-state index contributed by atoms with van der Waals surface area (Å²) in [5.41, 5.74) is 3.05. The SMILES string of the molecule is COc1ccc(C(=O)OCC(=O)c2cc3c4c(c2)CC(=O)N4CCC3)cc1S(=O)(=O)N(C)C. The second-order valence-corrected chi connectivity index (χ2v) is 10.2. The number of nitrogens with zero attached hydrogens (tertiary/aromatic N) is 2.